The van der Waals surface area contributed by atoms with Crippen molar-refractivity contribution >= 4 is 17.2 Å². The Kier molecular flexibility index (Phi) is 5.57. The van der Waals surface area contributed by atoms with E-state index in [0.717, 1.165) is 23.2 Å². The molecule has 0 aliphatic carbocycles. The first-order chi connectivity index (χ1) is 10.1. The second kappa shape index (κ2) is 7.41. The van der Waals surface area contributed by atoms with Gasteiger partial charge in [-0.3, -0.25) is 0 Å². The summed E-state index contributed by atoms with van der Waals surface area (Å²) in [6.45, 7) is 0.756. The molecule has 0 saturated carbocycles. The van der Waals surface area contributed by atoms with Crippen LogP contribution in [0.2, 0.25) is 5.02 Å². The van der Waals surface area contributed by atoms with E-state index in [4.69, 9.17) is 11.6 Å². The highest BCUT2D eigenvalue weighted by Gasteiger charge is 2.15. The molecular weight excluding hydrogens is 282 g/mol. The van der Waals surface area contributed by atoms with E-state index in [1.165, 1.54) is 0 Å². The molecule has 1 unspecified atom stereocenters. The van der Waals surface area contributed by atoms with Crippen molar-refractivity contribution in [2.75, 3.05) is 20.6 Å². The Morgan fingerprint density at radius 1 is 1.14 bits per heavy atom. The molecule has 2 aromatic rings. The highest BCUT2D eigenvalue weighted by Crippen LogP contribution is 2.31. The predicted octanol–water partition coefficient (Wildman–Crippen LogP) is 4.02. The predicted molar refractivity (Wildman–Crippen MR) is 89.4 cm³/mol. The molecule has 0 radical (unpaired) electrons. The number of aliphatic hydroxyl groups is 1. The molecule has 0 fully saturated rings. The van der Waals surface area contributed by atoms with Crippen LogP contribution in [-0.4, -0.2) is 30.6 Å². The molecule has 0 aromatic heterocycles. The van der Waals surface area contributed by atoms with Gasteiger partial charge in [0.2, 0.25) is 0 Å². The molecule has 1 atom stereocenters. The SMILES string of the molecule is CN(C)C/C=C(\c1cccc(Cl)c1)C(O)c1ccccc1. The van der Waals surface area contributed by atoms with Crippen LogP contribution in [0.5, 0.6) is 0 Å². The van der Waals surface area contributed by atoms with Gasteiger partial charge in [-0.15, -0.1) is 0 Å². The van der Waals surface area contributed by atoms with Gasteiger partial charge in [0.1, 0.15) is 6.10 Å². The van der Waals surface area contributed by atoms with Crippen molar-refractivity contribution in [3.05, 3.63) is 76.8 Å². The van der Waals surface area contributed by atoms with E-state index in [0.29, 0.717) is 5.02 Å². The average molecular weight is 302 g/mol. The maximum absolute atomic E-state index is 10.7. The second-order valence-electron chi connectivity index (χ2n) is 5.25. The molecule has 0 spiro atoms. The molecule has 0 heterocycles. The monoisotopic (exact) mass is 301 g/mol. The molecule has 110 valence electrons. The topological polar surface area (TPSA) is 23.5 Å². The molecule has 2 aromatic carbocycles. The Hall–Kier alpha value is -1.61. The minimum absolute atomic E-state index is 0.662. The number of aliphatic hydroxyl groups excluding tert-OH is 1. The maximum Gasteiger partial charge on any atom is 0.104 e. The van der Waals surface area contributed by atoms with E-state index >= 15 is 0 Å². The number of likely N-dealkylation sites (N-methyl/N-ethyl adjacent to an activating group) is 1. The third-order valence-electron chi connectivity index (χ3n) is 3.24. The molecule has 2 nitrogen and oxygen atoms in total. The van der Waals surface area contributed by atoms with Crippen LogP contribution >= 0.6 is 11.6 Å². The summed E-state index contributed by atoms with van der Waals surface area (Å²) < 4.78 is 0. The van der Waals surface area contributed by atoms with Gasteiger partial charge in [0.25, 0.3) is 0 Å². The van der Waals surface area contributed by atoms with E-state index in [1.54, 1.807) is 0 Å². The lowest BCUT2D eigenvalue weighted by Gasteiger charge is -2.18. The van der Waals surface area contributed by atoms with Gasteiger partial charge in [0, 0.05) is 11.6 Å². The summed E-state index contributed by atoms with van der Waals surface area (Å²) in [6, 6.07) is 17.3. The molecule has 21 heavy (non-hydrogen) atoms. The average Bonchev–Trinajstić information content (AvgIpc) is 2.48. The van der Waals surface area contributed by atoms with Gasteiger partial charge in [-0.1, -0.05) is 60.1 Å². The molecule has 0 amide bonds. The zero-order valence-electron chi connectivity index (χ0n) is 12.3. The zero-order valence-corrected chi connectivity index (χ0v) is 13.1. The van der Waals surface area contributed by atoms with Crippen LogP contribution in [-0.2, 0) is 0 Å². The highest BCUT2D eigenvalue weighted by atomic mass is 35.5. The van der Waals surface area contributed by atoms with Gasteiger partial charge in [-0.2, -0.15) is 0 Å². The molecule has 0 aliphatic rings. The van der Waals surface area contributed by atoms with Crippen LogP contribution in [0.1, 0.15) is 17.2 Å². The number of rotatable bonds is 5. The maximum atomic E-state index is 10.7. The van der Waals surface area contributed by atoms with Crippen LogP contribution in [0, 0.1) is 0 Å². The van der Waals surface area contributed by atoms with E-state index in [-0.39, 0.29) is 0 Å². The van der Waals surface area contributed by atoms with Gasteiger partial charge in [0.05, 0.1) is 0 Å². The summed E-state index contributed by atoms with van der Waals surface area (Å²) >= 11 is 6.08. The van der Waals surface area contributed by atoms with E-state index < -0.39 is 6.10 Å². The highest BCUT2D eigenvalue weighted by molar-refractivity contribution is 6.30. The van der Waals surface area contributed by atoms with Crippen LogP contribution in [0.3, 0.4) is 0 Å². The minimum Gasteiger partial charge on any atom is -0.384 e. The third-order valence-corrected chi connectivity index (χ3v) is 3.48. The van der Waals surface area contributed by atoms with Crippen molar-refractivity contribution in [3.63, 3.8) is 0 Å². The molecule has 0 aliphatic heterocycles. The van der Waals surface area contributed by atoms with Gasteiger partial charge < -0.3 is 10.0 Å². The summed E-state index contributed by atoms with van der Waals surface area (Å²) in [5.74, 6) is 0. The Labute approximate surface area is 131 Å². The van der Waals surface area contributed by atoms with Crippen molar-refractivity contribution in [3.8, 4) is 0 Å². The standard InChI is InChI=1S/C18H20ClNO/c1-20(2)12-11-17(15-9-6-10-16(19)13-15)18(21)14-7-4-3-5-8-14/h3-11,13,18,21H,12H2,1-2H3/b17-11+. The number of halogens is 1. The van der Waals surface area contributed by atoms with E-state index in [2.05, 4.69) is 4.90 Å². The van der Waals surface area contributed by atoms with Gasteiger partial charge in [0.15, 0.2) is 0 Å². The quantitative estimate of drug-likeness (QED) is 0.901. The number of hydrogen-bond acceptors (Lipinski definition) is 2. The fourth-order valence-electron chi connectivity index (χ4n) is 2.15. The van der Waals surface area contributed by atoms with Crippen molar-refractivity contribution in [2.24, 2.45) is 0 Å². The molecule has 2 rings (SSSR count). The van der Waals surface area contributed by atoms with Crippen LogP contribution in [0.15, 0.2) is 60.7 Å². The van der Waals surface area contributed by atoms with Crippen molar-refractivity contribution in [1.82, 2.24) is 4.90 Å². The summed E-state index contributed by atoms with van der Waals surface area (Å²) in [5.41, 5.74) is 2.69. The smallest absolute Gasteiger partial charge is 0.104 e. The molecule has 1 N–H and O–H groups in total. The van der Waals surface area contributed by atoms with Crippen molar-refractivity contribution in [2.45, 2.75) is 6.10 Å². The molecule has 0 saturated heterocycles. The Bertz CT molecular complexity index is 608. The summed E-state index contributed by atoms with van der Waals surface area (Å²) in [4.78, 5) is 2.06. The van der Waals surface area contributed by atoms with Crippen molar-refractivity contribution < 1.29 is 5.11 Å². The lowest BCUT2D eigenvalue weighted by molar-refractivity contribution is 0.237. The van der Waals surface area contributed by atoms with Crippen LogP contribution < -0.4 is 0 Å². The third kappa shape index (κ3) is 4.43. The van der Waals surface area contributed by atoms with Crippen LogP contribution in [0.25, 0.3) is 5.57 Å². The normalized spacial score (nSPS) is 13.5. The second-order valence-corrected chi connectivity index (χ2v) is 5.68. The Morgan fingerprint density at radius 2 is 1.86 bits per heavy atom. The van der Waals surface area contributed by atoms with Gasteiger partial charge >= 0.3 is 0 Å². The summed E-state index contributed by atoms with van der Waals surface area (Å²) in [5, 5.41) is 11.4. The van der Waals surface area contributed by atoms with Gasteiger partial charge in [-0.05, 0) is 42.9 Å². The molecular formula is C18H20ClNO. The first-order valence-electron chi connectivity index (χ1n) is 6.91. The fourth-order valence-corrected chi connectivity index (χ4v) is 2.34. The lowest BCUT2D eigenvalue weighted by atomic mass is 9.95. The fraction of sp³-hybridized carbons (Fsp3) is 0.222. The van der Waals surface area contributed by atoms with Gasteiger partial charge in [-0.25, -0.2) is 0 Å². The first kappa shape index (κ1) is 15.8. The molecule has 3 heteroatoms. The number of nitrogens with zero attached hydrogens (tertiary/aromatic N) is 1. The summed E-state index contributed by atoms with van der Waals surface area (Å²) in [7, 11) is 4.00. The summed E-state index contributed by atoms with van der Waals surface area (Å²) in [6.07, 6.45) is 1.38. The largest absolute Gasteiger partial charge is 0.384 e. The number of hydrogen-bond donors (Lipinski definition) is 1. The van der Waals surface area contributed by atoms with E-state index in [1.807, 2.05) is 74.8 Å². The lowest BCUT2D eigenvalue weighted by Crippen LogP contribution is -2.12. The zero-order chi connectivity index (χ0) is 15.2. The first-order valence-corrected chi connectivity index (χ1v) is 7.29. The number of benzene rings is 2. The van der Waals surface area contributed by atoms with Crippen molar-refractivity contribution in [1.29, 1.82) is 0 Å². The molecule has 0 bridgehead atoms. The van der Waals surface area contributed by atoms with E-state index in [9.17, 15) is 5.11 Å². The Balaban J connectivity index is 2.39. The Morgan fingerprint density at radius 3 is 2.48 bits per heavy atom. The minimum atomic E-state index is -0.662. The van der Waals surface area contributed by atoms with Crippen LogP contribution in [0.4, 0.5) is 0 Å².